The van der Waals surface area contributed by atoms with E-state index in [-0.39, 0.29) is 19.9 Å². The number of carbonyl (C=O) groups excluding carboxylic acids is 1. The zero-order chi connectivity index (χ0) is 23.8. The van der Waals surface area contributed by atoms with Crippen molar-refractivity contribution in [1.29, 1.82) is 0 Å². The average Bonchev–Trinajstić information content (AvgIpc) is 3.21. The third kappa shape index (κ3) is 4.70. The molecule has 0 saturated carbocycles. The molecule has 8 nitrogen and oxygen atoms in total. The molecule has 2 aromatic heterocycles. The number of thiophene rings is 1. The molecule has 4 aromatic rings. The normalized spacial score (nSPS) is 11.4. The highest BCUT2D eigenvalue weighted by Gasteiger charge is 2.20. The van der Waals surface area contributed by atoms with Crippen LogP contribution in [0.15, 0.2) is 69.8 Å². The van der Waals surface area contributed by atoms with Crippen LogP contribution in [0.2, 0.25) is 4.34 Å². The van der Waals surface area contributed by atoms with Crippen molar-refractivity contribution in [2.45, 2.75) is 4.21 Å². The van der Waals surface area contributed by atoms with Gasteiger partial charge in [0.25, 0.3) is 15.6 Å². The Labute approximate surface area is 196 Å². The van der Waals surface area contributed by atoms with E-state index in [1.165, 1.54) is 37.6 Å². The van der Waals surface area contributed by atoms with Gasteiger partial charge in [-0.3, -0.25) is 9.36 Å². The number of nitrogens with one attached hydrogen (secondary N) is 2. The lowest BCUT2D eigenvalue weighted by atomic mass is 10.1. The molecule has 2 N–H and O–H groups in total. The number of benzene rings is 2. The number of sulfonamides is 1. The number of aromatic nitrogens is 1. The summed E-state index contributed by atoms with van der Waals surface area (Å²) >= 11 is 6.51. The lowest BCUT2D eigenvalue weighted by Crippen LogP contribution is -2.34. The summed E-state index contributed by atoms with van der Waals surface area (Å²) in [7, 11) is -2.65. The molecular formula is C21H15ClFN3O5S2. The molecular weight excluding hydrogens is 493 g/mol. The van der Waals surface area contributed by atoms with Crippen molar-refractivity contribution in [3.05, 3.63) is 81.3 Å². The van der Waals surface area contributed by atoms with Gasteiger partial charge >= 0.3 is 6.03 Å². The van der Waals surface area contributed by atoms with Gasteiger partial charge in [-0.2, -0.15) is 0 Å². The number of hydrogen-bond acceptors (Lipinski definition) is 6. The lowest BCUT2D eigenvalue weighted by molar-refractivity contribution is 0.256. The summed E-state index contributed by atoms with van der Waals surface area (Å²) < 4.78 is 47.4. The molecule has 0 atom stereocenters. The van der Waals surface area contributed by atoms with Crippen molar-refractivity contribution < 1.29 is 22.3 Å². The van der Waals surface area contributed by atoms with Crippen molar-refractivity contribution in [3.8, 4) is 11.4 Å². The van der Waals surface area contributed by atoms with Crippen molar-refractivity contribution in [2.75, 3.05) is 12.4 Å². The molecule has 0 aliphatic rings. The van der Waals surface area contributed by atoms with E-state index in [1.54, 1.807) is 24.3 Å². The third-order valence-electron chi connectivity index (χ3n) is 4.62. The number of halogens is 2. The largest absolute Gasteiger partial charge is 0.497 e. The highest BCUT2D eigenvalue weighted by atomic mass is 35.5. The molecule has 0 saturated heterocycles. The quantitative estimate of drug-likeness (QED) is 0.417. The first-order valence-electron chi connectivity index (χ1n) is 9.26. The topological polar surface area (TPSA) is 106 Å². The van der Waals surface area contributed by atoms with Crippen LogP contribution in [0.4, 0.5) is 14.9 Å². The molecule has 0 aliphatic heterocycles. The number of methoxy groups -OCH3 is 1. The summed E-state index contributed by atoms with van der Waals surface area (Å²) in [6, 6.07) is 11.8. The standard InChI is InChI=1S/C21H15ClFN3O5S2/c1-31-14-4-2-12-8-9-26(20(27)15(12)11-14)17-5-3-13(10-16(17)23)24-21(28)25-33(29,30)19-7-6-18(22)32-19/h2-11H,1H3,(H2,24,25,28). The van der Waals surface area contributed by atoms with Crippen LogP contribution in [0.5, 0.6) is 5.75 Å². The van der Waals surface area contributed by atoms with Crippen LogP contribution in [-0.4, -0.2) is 26.1 Å². The average molecular weight is 508 g/mol. The molecule has 0 unspecified atom stereocenters. The lowest BCUT2D eigenvalue weighted by Gasteiger charge is -2.12. The van der Waals surface area contributed by atoms with E-state index in [2.05, 4.69) is 5.32 Å². The Bertz CT molecular complexity index is 1550. The van der Waals surface area contributed by atoms with Gasteiger partial charge in [-0.05, 0) is 53.9 Å². The number of nitrogens with zero attached hydrogens (tertiary/aromatic N) is 1. The second-order valence-electron chi connectivity index (χ2n) is 6.73. The molecule has 170 valence electrons. The van der Waals surface area contributed by atoms with E-state index in [0.717, 1.165) is 22.0 Å². The number of fused-ring (bicyclic) bond motifs is 1. The monoisotopic (exact) mass is 507 g/mol. The van der Waals surface area contributed by atoms with Crippen LogP contribution < -0.4 is 20.3 Å². The predicted molar refractivity (Wildman–Crippen MR) is 125 cm³/mol. The van der Waals surface area contributed by atoms with Crippen LogP contribution in [0.3, 0.4) is 0 Å². The Balaban J connectivity index is 1.58. The Morgan fingerprint density at radius 3 is 2.58 bits per heavy atom. The second kappa shape index (κ2) is 8.85. The SMILES string of the molecule is COc1ccc2ccn(-c3ccc(NC(=O)NS(=O)(=O)c4ccc(Cl)s4)cc3F)c(=O)c2c1. The summed E-state index contributed by atoms with van der Waals surface area (Å²) in [5.74, 6) is -0.312. The van der Waals surface area contributed by atoms with Crippen LogP contribution in [-0.2, 0) is 10.0 Å². The maximum absolute atomic E-state index is 14.8. The number of pyridine rings is 1. The van der Waals surface area contributed by atoms with Crippen LogP contribution in [0.25, 0.3) is 16.5 Å². The number of rotatable bonds is 5. The van der Waals surface area contributed by atoms with Crippen LogP contribution >= 0.6 is 22.9 Å². The van der Waals surface area contributed by atoms with Crippen molar-refractivity contribution >= 4 is 55.5 Å². The first kappa shape index (κ1) is 22.8. The Hall–Kier alpha value is -3.41. The number of carbonyl (C=O) groups is 1. The zero-order valence-corrected chi connectivity index (χ0v) is 19.2. The molecule has 0 fully saturated rings. The molecule has 2 heterocycles. The van der Waals surface area contributed by atoms with E-state index < -0.39 is 27.4 Å². The van der Waals surface area contributed by atoms with Gasteiger partial charge in [0, 0.05) is 11.9 Å². The van der Waals surface area contributed by atoms with Crippen molar-refractivity contribution in [3.63, 3.8) is 0 Å². The summed E-state index contributed by atoms with van der Waals surface area (Å²) in [6.45, 7) is 0. The minimum atomic E-state index is -4.13. The van der Waals surface area contributed by atoms with Crippen molar-refractivity contribution in [1.82, 2.24) is 9.29 Å². The van der Waals surface area contributed by atoms with Gasteiger partial charge in [0.05, 0.1) is 22.5 Å². The summed E-state index contributed by atoms with van der Waals surface area (Å²) in [5.41, 5.74) is -0.510. The summed E-state index contributed by atoms with van der Waals surface area (Å²) in [5, 5.41) is 3.26. The first-order chi connectivity index (χ1) is 15.7. The van der Waals surface area contributed by atoms with E-state index in [9.17, 15) is 22.4 Å². The van der Waals surface area contributed by atoms with E-state index in [0.29, 0.717) is 16.5 Å². The van der Waals surface area contributed by atoms with Gasteiger partial charge in [0.15, 0.2) is 0 Å². The number of hydrogen-bond donors (Lipinski definition) is 2. The number of ether oxygens (including phenoxy) is 1. The molecule has 12 heteroatoms. The Morgan fingerprint density at radius 1 is 1.12 bits per heavy atom. The molecule has 0 aliphatic carbocycles. The molecule has 2 amide bonds. The second-order valence-corrected chi connectivity index (χ2v) is 10.4. The third-order valence-corrected chi connectivity index (χ3v) is 7.67. The van der Waals surface area contributed by atoms with E-state index in [1.807, 2.05) is 4.72 Å². The number of amides is 2. The highest BCUT2D eigenvalue weighted by molar-refractivity contribution is 7.92. The summed E-state index contributed by atoms with van der Waals surface area (Å²) in [6.07, 6.45) is 1.44. The number of anilines is 1. The van der Waals surface area contributed by atoms with Gasteiger partial charge in [-0.1, -0.05) is 17.7 Å². The molecule has 4 rings (SSSR count). The fraction of sp³-hybridized carbons (Fsp3) is 0.0476. The molecule has 0 spiro atoms. The smallest absolute Gasteiger partial charge is 0.333 e. The van der Waals surface area contributed by atoms with Crippen molar-refractivity contribution in [2.24, 2.45) is 0 Å². The number of urea groups is 1. The molecule has 0 bridgehead atoms. The summed E-state index contributed by atoms with van der Waals surface area (Å²) in [4.78, 5) is 25.0. The maximum Gasteiger partial charge on any atom is 0.333 e. The molecule has 0 radical (unpaired) electrons. The zero-order valence-electron chi connectivity index (χ0n) is 16.8. The van der Waals surface area contributed by atoms with E-state index >= 15 is 0 Å². The first-order valence-corrected chi connectivity index (χ1v) is 11.9. The maximum atomic E-state index is 14.8. The minimum absolute atomic E-state index is 0.0105. The Morgan fingerprint density at radius 2 is 1.91 bits per heavy atom. The van der Waals surface area contributed by atoms with Gasteiger partial charge < -0.3 is 10.1 Å². The minimum Gasteiger partial charge on any atom is -0.497 e. The molecule has 2 aromatic carbocycles. The van der Waals surface area contributed by atoms with Crippen LogP contribution in [0.1, 0.15) is 0 Å². The highest BCUT2D eigenvalue weighted by Crippen LogP contribution is 2.25. The predicted octanol–water partition coefficient (Wildman–Crippen LogP) is 4.36. The van der Waals surface area contributed by atoms with Crippen LogP contribution in [0, 0.1) is 5.82 Å². The van der Waals surface area contributed by atoms with Gasteiger partial charge in [-0.25, -0.2) is 22.3 Å². The van der Waals surface area contributed by atoms with Gasteiger partial charge in [0.1, 0.15) is 15.8 Å². The fourth-order valence-electron chi connectivity index (χ4n) is 3.09. The van der Waals surface area contributed by atoms with Gasteiger partial charge in [0.2, 0.25) is 0 Å². The molecule has 33 heavy (non-hydrogen) atoms. The van der Waals surface area contributed by atoms with E-state index in [4.69, 9.17) is 16.3 Å². The fourth-order valence-corrected chi connectivity index (χ4v) is 5.48. The van der Waals surface area contributed by atoms with Gasteiger partial charge in [-0.15, -0.1) is 11.3 Å². The Kier molecular flexibility index (Phi) is 6.11.